The molecule has 0 aliphatic carbocycles. The summed E-state index contributed by atoms with van der Waals surface area (Å²) in [6.45, 7) is 0. The van der Waals surface area contributed by atoms with Gasteiger partial charge in [-0.1, -0.05) is 60.4 Å². The van der Waals surface area contributed by atoms with E-state index in [-0.39, 0.29) is 12.1 Å². The molecule has 2 aromatic rings. The molecule has 0 aromatic heterocycles. The normalized spacial score (nSPS) is 20.6. The minimum Gasteiger partial charge on any atom is -0.300 e. The Balaban J connectivity index is 1.59. The first-order valence-corrected chi connectivity index (χ1v) is 8.18. The maximum atomic E-state index is 12.0. The number of ketones is 1. The summed E-state index contributed by atoms with van der Waals surface area (Å²) in [7, 11) is 0. The Labute approximate surface area is 137 Å². The van der Waals surface area contributed by atoms with Crippen LogP contribution in [0.3, 0.4) is 0 Å². The van der Waals surface area contributed by atoms with Gasteiger partial charge in [-0.3, -0.25) is 4.79 Å². The molecular weight excluding hydrogens is 282 g/mol. The molecule has 0 saturated carbocycles. The fourth-order valence-electron chi connectivity index (χ4n) is 2.94. The first-order chi connectivity index (χ1) is 11.3. The van der Waals surface area contributed by atoms with Crippen LogP contribution < -0.4 is 5.32 Å². The summed E-state index contributed by atoms with van der Waals surface area (Å²) in [5.41, 5.74) is 2.31. The van der Waals surface area contributed by atoms with E-state index in [2.05, 4.69) is 41.4 Å². The summed E-state index contributed by atoms with van der Waals surface area (Å²) in [4.78, 5) is 12.0. The van der Waals surface area contributed by atoms with Crippen molar-refractivity contribution in [3.05, 3.63) is 71.8 Å². The number of Topliss-reactive ketones (excluding diaryl/α,β-unsaturated/α-hetero) is 1. The van der Waals surface area contributed by atoms with Crippen LogP contribution in [0.1, 0.15) is 30.4 Å². The van der Waals surface area contributed by atoms with Crippen LogP contribution in [0, 0.1) is 11.8 Å². The Kier molecular flexibility index (Phi) is 5.24. The Morgan fingerprint density at radius 3 is 2.39 bits per heavy atom. The molecule has 1 saturated heterocycles. The molecule has 1 heterocycles. The highest BCUT2D eigenvalue weighted by Crippen LogP contribution is 2.15. The van der Waals surface area contributed by atoms with Crippen LogP contribution in [0.2, 0.25) is 0 Å². The third-order valence-corrected chi connectivity index (χ3v) is 4.13. The smallest absolute Gasteiger partial charge is 0.137 e. The highest BCUT2D eigenvalue weighted by molar-refractivity contribution is 5.81. The SMILES string of the molecule is O=C1C[C@H](CCc2ccccc2)N[C@@H](C#Cc2ccccc2)C1. The van der Waals surface area contributed by atoms with Crippen LogP contribution in [0.5, 0.6) is 0 Å². The van der Waals surface area contributed by atoms with E-state index in [0.29, 0.717) is 18.6 Å². The molecule has 0 amide bonds. The van der Waals surface area contributed by atoms with E-state index in [1.807, 2.05) is 36.4 Å². The number of benzene rings is 2. The number of piperidine rings is 1. The van der Waals surface area contributed by atoms with Crippen molar-refractivity contribution in [2.75, 3.05) is 0 Å². The summed E-state index contributed by atoms with van der Waals surface area (Å²) >= 11 is 0. The molecule has 2 aromatic carbocycles. The fraction of sp³-hybridized carbons (Fsp3) is 0.286. The maximum Gasteiger partial charge on any atom is 0.137 e. The van der Waals surface area contributed by atoms with Crippen LogP contribution in [0.25, 0.3) is 0 Å². The van der Waals surface area contributed by atoms with Gasteiger partial charge in [-0.05, 0) is 30.5 Å². The van der Waals surface area contributed by atoms with E-state index in [0.717, 1.165) is 18.4 Å². The number of aryl methyl sites for hydroxylation is 1. The topological polar surface area (TPSA) is 29.1 Å². The molecule has 2 heteroatoms. The van der Waals surface area contributed by atoms with Crippen LogP contribution in [0.4, 0.5) is 0 Å². The Morgan fingerprint density at radius 1 is 0.957 bits per heavy atom. The van der Waals surface area contributed by atoms with Crippen molar-refractivity contribution in [2.45, 2.75) is 37.8 Å². The highest BCUT2D eigenvalue weighted by atomic mass is 16.1. The van der Waals surface area contributed by atoms with Gasteiger partial charge in [-0.25, -0.2) is 0 Å². The summed E-state index contributed by atoms with van der Waals surface area (Å²) in [6.07, 6.45) is 3.10. The van der Waals surface area contributed by atoms with Crippen molar-refractivity contribution in [1.29, 1.82) is 0 Å². The molecule has 0 radical (unpaired) electrons. The molecule has 1 fully saturated rings. The van der Waals surface area contributed by atoms with Gasteiger partial charge in [0, 0.05) is 24.4 Å². The van der Waals surface area contributed by atoms with Crippen molar-refractivity contribution in [3.8, 4) is 11.8 Å². The minimum absolute atomic E-state index is 0.0303. The highest BCUT2D eigenvalue weighted by Gasteiger charge is 2.24. The van der Waals surface area contributed by atoms with Crippen molar-refractivity contribution in [1.82, 2.24) is 5.32 Å². The lowest BCUT2D eigenvalue weighted by molar-refractivity contribution is -0.121. The number of carbonyl (C=O) groups excluding carboxylic acids is 1. The van der Waals surface area contributed by atoms with Gasteiger partial charge in [0.15, 0.2) is 0 Å². The third-order valence-electron chi connectivity index (χ3n) is 4.13. The molecule has 23 heavy (non-hydrogen) atoms. The van der Waals surface area contributed by atoms with Crippen molar-refractivity contribution < 1.29 is 4.79 Å². The molecule has 2 nitrogen and oxygen atoms in total. The van der Waals surface area contributed by atoms with Gasteiger partial charge >= 0.3 is 0 Å². The first-order valence-electron chi connectivity index (χ1n) is 8.18. The average Bonchev–Trinajstić information content (AvgIpc) is 2.60. The van der Waals surface area contributed by atoms with Crippen molar-refractivity contribution >= 4 is 5.78 Å². The molecule has 0 bridgehead atoms. The van der Waals surface area contributed by atoms with Crippen LogP contribution >= 0.6 is 0 Å². The summed E-state index contributed by atoms with van der Waals surface area (Å²) < 4.78 is 0. The number of nitrogens with one attached hydrogen (secondary N) is 1. The van der Waals surface area contributed by atoms with Gasteiger partial charge in [0.1, 0.15) is 5.78 Å². The Bertz CT molecular complexity index is 697. The standard InChI is InChI=1S/C21H21NO/c23-21-15-19(13-11-17-7-3-1-4-8-17)22-20(16-21)14-12-18-9-5-2-6-10-18/h1-10,19-20,22H,11,13,15-16H2/t19-,20-/m0/s1. The monoisotopic (exact) mass is 303 g/mol. The summed E-state index contributed by atoms with van der Waals surface area (Å²) in [5.74, 6) is 6.69. The average molecular weight is 303 g/mol. The number of hydrogen-bond acceptors (Lipinski definition) is 2. The second-order valence-corrected chi connectivity index (χ2v) is 6.02. The molecule has 2 atom stereocenters. The molecule has 1 N–H and O–H groups in total. The lowest BCUT2D eigenvalue weighted by Gasteiger charge is -2.27. The van der Waals surface area contributed by atoms with Gasteiger partial charge in [-0.15, -0.1) is 0 Å². The second-order valence-electron chi connectivity index (χ2n) is 6.02. The number of rotatable bonds is 3. The number of hydrogen-bond donors (Lipinski definition) is 1. The van der Waals surface area contributed by atoms with E-state index < -0.39 is 0 Å². The van der Waals surface area contributed by atoms with Gasteiger partial charge in [0.05, 0.1) is 6.04 Å². The van der Waals surface area contributed by atoms with E-state index in [9.17, 15) is 4.79 Å². The molecule has 116 valence electrons. The zero-order valence-electron chi connectivity index (χ0n) is 13.2. The van der Waals surface area contributed by atoms with Gasteiger partial charge in [-0.2, -0.15) is 0 Å². The van der Waals surface area contributed by atoms with Crippen molar-refractivity contribution in [3.63, 3.8) is 0 Å². The predicted molar refractivity (Wildman–Crippen MR) is 93.0 cm³/mol. The van der Waals surface area contributed by atoms with Crippen LogP contribution in [-0.2, 0) is 11.2 Å². The fourth-order valence-corrected chi connectivity index (χ4v) is 2.94. The van der Waals surface area contributed by atoms with Crippen molar-refractivity contribution in [2.24, 2.45) is 0 Å². The Hall–Kier alpha value is -2.37. The third kappa shape index (κ3) is 4.81. The maximum absolute atomic E-state index is 12.0. The van der Waals surface area contributed by atoms with Gasteiger partial charge in [0.2, 0.25) is 0 Å². The second kappa shape index (κ2) is 7.76. The molecule has 1 aliphatic rings. The van der Waals surface area contributed by atoms with Crippen LogP contribution in [-0.4, -0.2) is 17.9 Å². The largest absolute Gasteiger partial charge is 0.300 e. The predicted octanol–water partition coefficient (Wildman–Crippen LogP) is 3.36. The zero-order chi connectivity index (χ0) is 15.9. The molecule has 0 spiro atoms. The van der Waals surface area contributed by atoms with Gasteiger partial charge in [0.25, 0.3) is 0 Å². The minimum atomic E-state index is -0.0303. The number of carbonyl (C=O) groups is 1. The summed E-state index contributed by atoms with van der Waals surface area (Å²) in [6, 6.07) is 20.5. The molecule has 3 rings (SSSR count). The van der Waals surface area contributed by atoms with Crippen LogP contribution in [0.15, 0.2) is 60.7 Å². The molecular formula is C21H21NO. The Morgan fingerprint density at radius 2 is 1.65 bits per heavy atom. The lowest BCUT2D eigenvalue weighted by atomic mass is 9.93. The molecule has 0 unspecified atom stereocenters. The van der Waals surface area contributed by atoms with E-state index in [1.165, 1.54) is 5.56 Å². The first kappa shape index (κ1) is 15.5. The zero-order valence-corrected chi connectivity index (χ0v) is 13.2. The quantitative estimate of drug-likeness (QED) is 0.881. The van der Waals surface area contributed by atoms with E-state index in [4.69, 9.17) is 0 Å². The summed E-state index contributed by atoms with van der Waals surface area (Å²) in [5, 5.41) is 3.53. The molecule has 1 aliphatic heterocycles. The van der Waals surface area contributed by atoms with Gasteiger partial charge < -0.3 is 5.32 Å². The van der Waals surface area contributed by atoms with E-state index in [1.54, 1.807) is 0 Å². The van der Waals surface area contributed by atoms with E-state index >= 15 is 0 Å². The lowest BCUT2D eigenvalue weighted by Crippen LogP contribution is -2.45.